The first kappa shape index (κ1) is 35.7. The van der Waals surface area contributed by atoms with Crippen LogP contribution in [0.25, 0.3) is 65.1 Å². The Kier molecular flexibility index (Phi) is 10.1. The van der Waals surface area contributed by atoms with Crippen LogP contribution < -0.4 is 5.32 Å². The predicted molar refractivity (Wildman–Crippen MR) is 240 cm³/mol. The molecule has 0 spiro atoms. The molecule has 3 aromatic heterocycles. The fourth-order valence-electron chi connectivity index (χ4n) is 7.91. The molecule has 0 saturated carbocycles. The maximum absolute atomic E-state index is 4.27. The lowest BCUT2D eigenvalue weighted by atomic mass is 10.0. The number of nitrogens with one attached hydrogen (secondary N) is 1. The predicted octanol–water partition coefficient (Wildman–Crippen LogP) is 13.8. The largest absolute Gasteiger partial charge is 0.309 e. The van der Waals surface area contributed by atoms with E-state index >= 15 is 0 Å². The fraction of sp³-hybridized carbons (Fsp3) is 0.100. The van der Waals surface area contributed by atoms with Crippen molar-refractivity contribution < 1.29 is 0 Å². The summed E-state index contributed by atoms with van der Waals surface area (Å²) < 4.78 is 6.05. The number of thiophene rings is 1. The van der Waals surface area contributed by atoms with Gasteiger partial charge in [-0.15, -0.1) is 11.3 Å². The summed E-state index contributed by atoms with van der Waals surface area (Å²) in [5.74, 6) is 0. The van der Waals surface area contributed by atoms with Crippen LogP contribution in [-0.2, 0) is 0 Å². The highest BCUT2D eigenvalue weighted by Crippen LogP contribution is 2.43. The number of nitrogens with zero attached hydrogens (tertiary/aromatic N) is 3. The molecule has 270 valence electrons. The number of fused-ring (bicyclic) bond motifs is 7. The number of aliphatic imine (C=N–C) groups is 1. The number of hydrogen-bond acceptors (Lipinski definition) is 3. The van der Waals surface area contributed by atoms with E-state index in [2.05, 4.69) is 191 Å². The Bertz CT molecular complexity index is 2690. The summed E-state index contributed by atoms with van der Waals surface area (Å²) in [5, 5.41) is 9.71. The van der Waals surface area contributed by atoms with E-state index in [1.54, 1.807) is 11.3 Å². The summed E-state index contributed by atoms with van der Waals surface area (Å²) in [6.45, 7) is 9.94. The Morgan fingerprint density at radius 3 is 1.36 bits per heavy atom. The average Bonchev–Trinajstić information content (AvgIpc) is 3.90. The van der Waals surface area contributed by atoms with E-state index in [9.17, 15) is 0 Å². The minimum absolute atomic E-state index is 0.147. The maximum atomic E-state index is 4.27. The molecule has 0 aliphatic heterocycles. The molecule has 0 fully saturated rings. The summed E-state index contributed by atoms with van der Waals surface area (Å²) in [5.41, 5.74) is 10.8. The van der Waals surface area contributed by atoms with Gasteiger partial charge in [-0.2, -0.15) is 0 Å². The highest BCUT2D eigenvalue weighted by Gasteiger charge is 2.20. The highest BCUT2D eigenvalue weighted by atomic mass is 32.1. The van der Waals surface area contributed by atoms with Crippen LogP contribution in [0, 0.1) is 6.92 Å². The molecule has 3 heterocycles. The Labute approximate surface area is 326 Å². The van der Waals surface area contributed by atoms with E-state index in [0.29, 0.717) is 0 Å². The molecule has 4 nitrogen and oxygen atoms in total. The Morgan fingerprint density at radius 1 is 0.527 bits per heavy atom. The lowest BCUT2D eigenvalue weighted by molar-refractivity contribution is 0.705. The van der Waals surface area contributed by atoms with Crippen molar-refractivity contribution in [1.29, 1.82) is 0 Å². The third kappa shape index (κ3) is 6.42. The normalized spacial score (nSPS) is 11.7. The van der Waals surface area contributed by atoms with Crippen molar-refractivity contribution in [2.45, 2.75) is 26.8 Å². The monoisotopic (exact) mass is 732 g/mol. The van der Waals surface area contributed by atoms with E-state index in [4.69, 9.17) is 0 Å². The minimum atomic E-state index is 0.147. The summed E-state index contributed by atoms with van der Waals surface area (Å²) in [7, 11) is 1.98. The Morgan fingerprint density at radius 2 is 0.927 bits per heavy atom. The number of aryl methyl sites for hydroxylation is 1. The van der Waals surface area contributed by atoms with Crippen LogP contribution in [0.3, 0.4) is 0 Å². The van der Waals surface area contributed by atoms with Crippen LogP contribution in [0.15, 0.2) is 175 Å². The molecule has 0 saturated heterocycles. The van der Waals surface area contributed by atoms with Crippen molar-refractivity contribution in [2.24, 2.45) is 4.99 Å². The lowest BCUT2D eigenvalue weighted by Gasteiger charge is -2.16. The van der Waals surface area contributed by atoms with Gasteiger partial charge in [0, 0.05) is 43.0 Å². The molecule has 1 atom stereocenters. The molecule has 0 aliphatic rings. The highest BCUT2D eigenvalue weighted by molar-refractivity contribution is 7.19. The second-order valence-electron chi connectivity index (χ2n) is 13.4. The summed E-state index contributed by atoms with van der Waals surface area (Å²) in [4.78, 5) is 5.49. The Hall–Kier alpha value is -6.27. The Balaban J connectivity index is 0.000000167. The second-order valence-corrected chi connectivity index (χ2v) is 14.5. The molecule has 5 heteroatoms. The summed E-state index contributed by atoms with van der Waals surface area (Å²) in [6, 6.07) is 60.6. The second kappa shape index (κ2) is 15.6. The van der Waals surface area contributed by atoms with E-state index in [1.807, 2.05) is 33.0 Å². The van der Waals surface area contributed by atoms with Gasteiger partial charge in [0.15, 0.2) is 0 Å². The van der Waals surface area contributed by atoms with Gasteiger partial charge in [0.25, 0.3) is 0 Å². The molecule has 10 aromatic rings. The quantitative estimate of drug-likeness (QED) is 0.170. The molecule has 55 heavy (non-hydrogen) atoms. The molecule has 0 radical (unpaired) electrons. The van der Waals surface area contributed by atoms with Gasteiger partial charge in [-0.3, -0.25) is 4.99 Å². The molecule has 1 unspecified atom stereocenters. The van der Waals surface area contributed by atoms with Crippen LogP contribution in [0.2, 0.25) is 0 Å². The van der Waals surface area contributed by atoms with Crippen molar-refractivity contribution >= 4 is 77.4 Å². The molecular formula is C50H44N4S. The summed E-state index contributed by atoms with van der Waals surface area (Å²) >= 11 is 1.78. The van der Waals surface area contributed by atoms with Crippen molar-refractivity contribution in [3.05, 3.63) is 186 Å². The minimum Gasteiger partial charge on any atom is -0.309 e. The standard InChI is InChI=1S/C31H22N2.C17H16N2S.C2H6/c1-21-18-22(32-28-14-6-2-10-24(28)25-11-3-7-15-29(25)32)20-23(19-21)33-30-16-8-4-12-26(30)27-13-5-9-17-31(27)33;1-18-15(12-8-4-3-5-9-12)17-16(19-2)13-10-6-7-11-14(13)20-17;1-2/h2-20H,1H3;3-11,15,18H,2H2,1H3;1-2H3. The zero-order chi connectivity index (χ0) is 37.9. The molecule has 7 aromatic carbocycles. The van der Waals surface area contributed by atoms with Gasteiger partial charge < -0.3 is 14.5 Å². The molecule has 0 amide bonds. The van der Waals surface area contributed by atoms with Gasteiger partial charge in [0.1, 0.15) is 0 Å². The number of para-hydroxylation sites is 4. The zero-order valence-electron chi connectivity index (χ0n) is 31.7. The van der Waals surface area contributed by atoms with E-state index in [1.165, 1.54) is 81.1 Å². The third-order valence-electron chi connectivity index (χ3n) is 10.2. The SMILES string of the molecule is C=Nc1c(C(NC)c2ccccc2)sc2ccccc12.CC.Cc1cc(-n2c3ccccc3c3ccccc32)cc(-n2c3ccccc3c3ccccc32)c1. The zero-order valence-corrected chi connectivity index (χ0v) is 32.5. The third-order valence-corrected chi connectivity index (χ3v) is 11.4. The van der Waals surface area contributed by atoms with Gasteiger partial charge >= 0.3 is 0 Å². The molecular weight excluding hydrogens is 689 g/mol. The fourth-order valence-corrected chi connectivity index (χ4v) is 9.21. The number of rotatable bonds is 6. The van der Waals surface area contributed by atoms with Gasteiger partial charge in [0.05, 0.1) is 38.7 Å². The molecule has 0 bridgehead atoms. The first-order valence-electron chi connectivity index (χ1n) is 18.9. The van der Waals surface area contributed by atoms with Gasteiger partial charge in [-0.1, -0.05) is 135 Å². The van der Waals surface area contributed by atoms with Crippen molar-refractivity contribution in [2.75, 3.05) is 7.05 Å². The van der Waals surface area contributed by atoms with Crippen molar-refractivity contribution in [3.8, 4) is 11.4 Å². The lowest BCUT2D eigenvalue weighted by Crippen LogP contribution is -2.16. The van der Waals surface area contributed by atoms with Gasteiger partial charge in [-0.05, 0) is 80.3 Å². The van der Waals surface area contributed by atoms with Gasteiger partial charge in [0.2, 0.25) is 0 Å². The van der Waals surface area contributed by atoms with E-state index in [-0.39, 0.29) is 6.04 Å². The van der Waals surface area contributed by atoms with Crippen LogP contribution >= 0.6 is 11.3 Å². The first-order valence-corrected chi connectivity index (χ1v) is 19.8. The topological polar surface area (TPSA) is 34.2 Å². The molecule has 10 rings (SSSR count). The van der Waals surface area contributed by atoms with Gasteiger partial charge in [-0.25, -0.2) is 0 Å². The molecule has 0 aliphatic carbocycles. The number of hydrogen-bond donors (Lipinski definition) is 1. The maximum Gasteiger partial charge on any atom is 0.0859 e. The average molecular weight is 733 g/mol. The van der Waals surface area contributed by atoms with Crippen molar-refractivity contribution in [1.82, 2.24) is 14.5 Å². The van der Waals surface area contributed by atoms with Crippen LogP contribution in [-0.4, -0.2) is 22.9 Å². The van der Waals surface area contributed by atoms with Crippen molar-refractivity contribution in [3.63, 3.8) is 0 Å². The summed E-state index contributed by atoms with van der Waals surface area (Å²) in [6.07, 6.45) is 0. The number of aromatic nitrogens is 2. The number of benzene rings is 7. The van der Waals surface area contributed by atoms with E-state index < -0.39 is 0 Å². The molecule has 1 N–H and O–H groups in total. The first-order chi connectivity index (χ1) is 27.1. The van der Waals surface area contributed by atoms with Crippen LogP contribution in [0.5, 0.6) is 0 Å². The van der Waals surface area contributed by atoms with Crippen LogP contribution in [0.4, 0.5) is 5.69 Å². The smallest absolute Gasteiger partial charge is 0.0859 e. The van der Waals surface area contributed by atoms with E-state index in [0.717, 1.165) is 5.69 Å². The van der Waals surface area contributed by atoms with Crippen LogP contribution in [0.1, 0.15) is 35.9 Å².